The second kappa shape index (κ2) is 10.3. The molecular weight excluding hydrogens is 372 g/mol. The highest BCUT2D eigenvalue weighted by Crippen LogP contribution is 2.35. The van der Waals surface area contributed by atoms with E-state index in [9.17, 15) is 5.11 Å². The van der Waals surface area contributed by atoms with E-state index in [1.54, 1.807) is 0 Å². The molecule has 0 amide bonds. The molecule has 1 aromatic carbocycles. The average molecular weight is 410 g/mol. The van der Waals surface area contributed by atoms with Crippen LogP contribution < -0.4 is 9.80 Å². The Bertz CT molecular complexity index is 604. The van der Waals surface area contributed by atoms with E-state index in [2.05, 4.69) is 31.7 Å². The molecule has 1 aromatic rings. The summed E-state index contributed by atoms with van der Waals surface area (Å²) in [6.07, 6.45) is 3.65. The van der Waals surface area contributed by atoms with E-state index < -0.39 is 0 Å². The summed E-state index contributed by atoms with van der Waals surface area (Å²) < 4.78 is 6.25. The molecule has 2 N–H and O–H groups in total. The van der Waals surface area contributed by atoms with E-state index in [0.717, 1.165) is 50.1 Å². The van der Waals surface area contributed by atoms with Gasteiger partial charge < -0.3 is 19.6 Å². The molecule has 0 spiro atoms. The molecular formula is C23H38ClN2O2+. The third-order valence-corrected chi connectivity index (χ3v) is 6.87. The molecule has 0 unspecified atom stereocenters. The predicted octanol–water partition coefficient (Wildman–Crippen LogP) is 2.88. The molecule has 2 aliphatic rings. The minimum Gasteiger partial charge on any atom is -0.385 e. The second-order valence-electron chi connectivity index (χ2n) is 9.27. The lowest BCUT2D eigenvalue weighted by atomic mass is 9.75. The lowest BCUT2D eigenvalue weighted by molar-refractivity contribution is -0.903. The number of piperazine rings is 1. The predicted molar refractivity (Wildman–Crippen MR) is 116 cm³/mol. The topological polar surface area (TPSA) is 37.1 Å². The van der Waals surface area contributed by atoms with Crippen LogP contribution in [-0.4, -0.2) is 56.6 Å². The van der Waals surface area contributed by atoms with Gasteiger partial charge in [0, 0.05) is 10.7 Å². The number of quaternary nitrogens is 1. The van der Waals surface area contributed by atoms with Crippen LogP contribution in [-0.2, 0) is 4.74 Å². The Morgan fingerprint density at radius 2 is 2.00 bits per heavy atom. The van der Waals surface area contributed by atoms with Crippen LogP contribution in [0.15, 0.2) is 24.3 Å². The summed E-state index contributed by atoms with van der Waals surface area (Å²) >= 11 is 6.12. The first-order valence-corrected chi connectivity index (χ1v) is 11.4. The van der Waals surface area contributed by atoms with Gasteiger partial charge in [0.1, 0.15) is 12.6 Å². The van der Waals surface area contributed by atoms with E-state index in [1.807, 2.05) is 18.2 Å². The van der Waals surface area contributed by atoms with Crippen LogP contribution in [0.1, 0.15) is 40.0 Å². The van der Waals surface area contributed by atoms with E-state index in [-0.39, 0.29) is 6.10 Å². The number of ether oxygens (including phenoxy) is 1. The van der Waals surface area contributed by atoms with Gasteiger partial charge in [-0.2, -0.15) is 0 Å². The van der Waals surface area contributed by atoms with Crippen molar-refractivity contribution >= 4 is 17.3 Å². The third-order valence-electron chi connectivity index (χ3n) is 6.63. The van der Waals surface area contributed by atoms with E-state index in [4.69, 9.17) is 16.3 Å². The zero-order valence-corrected chi connectivity index (χ0v) is 18.5. The van der Waals surface area contributed by atoms with E-state index in [0.29, 0.717) is 24.5 Å². The number of halogens is 1. The van der Waals surface area contributed by atoms with Gasteiger partial charge >= 0.3 is 0 Å². The Labute approximate surface area is 175 Å². The molecule has 0 bridgehead atoms. The lowest BCUT2D eigenvalue weighted by Crippen LogP contribution is -3.16. The number of aliphatic hydroxyl groups excluding tert-OH is 1. The highest BCUT2D eigenvalue weighted by atomic mass is 35.5. The minimum absolute atomic E-state index is 0.313. The fourth-order valence-electron chi connectivity index (χ4n) is 4.89. The van der Waals surface area contributed by atoms with Crippen molar-refractivity contribution in [2.24, 2.45) is 17.8 Å². The maximum Gasteiger partial charge on any atom is 0.126 e. The van der Waals surface area contributed by atoms with Gasteiger partial charge in [0.15, 0.2) is 0 Å². The van der Waals surface area contributed by atoms with Crippen molar-refractivity contribution in [2.45, 2.75) is 52.2 Å². The minimum atomic E-state index is -0.377. The maximum absolute atomic E-state index is 10.6. The molecule has 2 fully saturated rings. The summed E-state index contributed by atoms with van der Waals surface area (Å²) in [5.74, 6) is 2.03. The van der Waals surface area contributed by atoms with Crippen molar-refractivity contribution < 1.29 is 14.7 Å². The van der Waals surface area contributed by atoms with E-state index >= 15 is 0 Å². The maximum atomic E-state index is 10.6. The van der Waals surface area contributed by atoms with Crippen LogP contribution in [0.3, 0.4) is 0 Å². The molecule has 4 nitrogen and oxygen atoms in total. The van der Waals surface area contributed by atoms with Gasteiger partial charge in [-0.3, -0.25) is 0 Å². The SMILES string of the molecule is CC(C)[C@@H]1CC[C@H](C)C[C@H]1OC[C@H](O)C[NH+]1CCN(c2cccc(Cl)c2)CC1. The zero-order chi connectivity index (χ0) is 20.1. The summed E-state index contributed by atoms with van der Waals surface area (Å²) in [6.45, 7) is 12.3. The molecule has 5 heteroatoms. The fourth-order valence-corrected chi connectivity index (χ4v) is 5.08. The van der Waals surface area contributed by atoms with Crippen LogP contribution >= 0.6 is 11.6 Å². The summed E-state index contributed by atoms with van der Waals surface area (Å²) in [7, 11) is 0. The Kier molecular flexibility index (Phi) is 8.04. The molecule has 158 valence electrons. The van der Waals surface area contributed by atoms with Gasteiger partial charge in [-0.1, -0.05) is 44.9 Å². The average Bonchev–Trinajstić information content (AvgIpc) is 2.67. The van der Waals surface area contributed by atoms with Crippen molar-refractivity contribution in [2.75, 3.05) is 44.2 Å². The molecule has 0 radical (unpaired) electrons. The largest absolute Gasteiger partial charge is 0.385 e. The number of nitrogens with one attached hydrogen (secondary N) is 1. The Morgan fingerprint density at radius 3 is 2.68 bits per heavy atom. The van der Waals surface area contributed by atoms with Gasteiger partial charge in [0.2, 0.25) is 0 Å². The molecule has 1 saturated carbocycles. The van der Waals surface area contributed by atoms with Crippen LogP contribution in [0.25, 0.3) is 0 Å². The molecule has 1 saturated heterocycles. The molecule has 3 rings (SSSR count). The monoisotopic (exact) mass is 409 g/mol. The van der Waals surface area contributed by atoms with E-state index in [1.165, 1.54) is 23.4 Å². The molecule has 1 heterocycles. The highest BCUT2D eigenvalue weighted by Gasteiger charge is 2.32. The van der Waals surface area contributed by atoms with Gasteiger partial charge in [0.25, 0.3) is 0 Å². The van der Waals surface area contributed by atoms with Crippen LogP contribution in [0.5, 0.6) is 0 Å². The zero-order valence-electron chi connectivity index (χ0n) is 17.7. The van der Waals surface area contributed by atoms with Gasteiger partial charge in [0.05, 0.1) is 38.9 Å². The summed E-state index contributed by atoms with van der Waals surface area (Å²) in [6, 6.07) is 8.08. The first-order valence-electron chi connectivity index (χ1n) is 11.1. The Morgan fingerprint density at radius 1 is 1.25 bits per heavy atom. The quantitative estimate of drug-likeness (QED) is 0.727. The van der Waals surface area contributed by atoms with Gasteiger partial charge in [-0.05, 0) is 48.8 Å². The summed E-state index contributed by atoms with van der Waals surface area (Å²) in [4.78, 5) is 3.85. The number of benzene rings is 1. The lowest BCUT2D eigenvalue weighted by Gasteiger charge is -2.38. The smallest absolute Gasteiger partial charge is 0.126 e. The Hall–Kier alpha value is -0.810. The molecule has 4 atom stereocenters. The number of aliphatic hydroxyl groups is 1. The summed E-state index contributed by atoms with van der Waals surface area (Å²) in [5.41, 5.74) is 1.20. The van der Waals surface area contributed by atoms with Gasteiger partial charge in [-0.15, -0.1) is 0 Å². The molecule has 1 aliphatic carbocycles. The fraction of sp³-hybridized carbons (Fsp3) is 0.739. The number of hydrogen-bond acceptors (Lipinski definition) is 3. The van der Waals surface area contributed by atoms with Gasteiger partial charge in [-0.25, -0.2) is 0 Å². The van der Waals surface area contributed by atoms with Crippen LogP contribution in [0.2, 0.25) is 5.02 Å². The van der Waals surface area contributed by atoms with Crippen molar-refractivity contribution in [1.29, 1.82) is 0 Å². The standard InChI is InChI=1S/C23H37ClN2O2/c1-17(2)22-8-7-18(3)13-23(22)28-16-21(27)15-25-9-11-26(12-10-25)20-6-4-5-19(24)14-20/h4-6,14,17-18,21-23,27H,7-13,15-16H2,1-3H3/p+1/t18-,21+,22-,23+/m0/s1. The van der Waals surface area contributed by atoms with Crippen LogP contribution in [0.4, 0.5) is 5.69 Å². The highest BCUT2D eigenvalue weighted by molar-refractivity contribution is 6.30. The number of rotatable bonds is 7. The summed E-state index contributed by atoms with van der Waals surface area (Å²) in [5, 5.41) is 11.4. The van der Waals surface area contributed by atoms with Crippen molar-refractivity contribution in [1.82, 2.24) is 0 Å². The second-order valence-corrected chi connectivity index (χ2v) is 9.71. The third kappa shape index (κ3) is 6.09. The van der Waals surface area contributed by atoms with Crippen molar-refractivity contribution in [3.8, 4) is 0 Å². The number of nitrogens with zero attached hydrogens (tertiary/aromatic N) is 1. The normalized spacial score (nSPS) is 27.9. The van der Waals surface area contributed by atoms with Crippen LogP contribution in [0, 0.1) is 17.8 Å². The molecule has 1 aliphatic heterocycles. The molecule has 28 heavy (non-hydrogen) atoms. The first kappa shape index (κ1) is 21.9. The van der Waals surface area contributed by atoms with Crippen molar-refractivity contribution in [3.05, 3.63) is 29.3 Å². The molecule has 0 aromatic heterocycles. The first-order chi connectivity index (χ1) is 13.4. The number of anilines is 1. The van der Waals surface area contributed by atoms with Crippen molar-refractivity contribution in [3.63, 3.8) is 0 Å². The Balaban J connectivity index is 1.41. The number of hydrogen-bond donors (Lipinski definition) is 2.